The second-order valence-corrected chi connectivity index (χ2v) is 5.82. The number of anilines is 1. The first-order valence-electron chi connectivity index (χ1n) is 6.84. The number of thiazole rings is 1. The third-order valence-electron chi connectivity index (χ3n) is 3.30. The highest BCUT2D eigenvalue weighted by Gasteiger charge is 2.22. The SMILES string of the molecule is CCN1CCOC(CNc2nc(C(=O)O)c(C(C)=O)s2)C1. The van der Waals surface area contributed by atoms with Gasteiger partial charge in [0.15, 0.2) is 16.6 Å². The smallest absolute Gasteiger partial charge is 0.356 e. The topological polar surface area (TPSA) is 91.8 Å². The van der Waals surface area contributed by atoms with Gasteiger partial charge in [-0.1, -0.05) is 18.3 Å². The molecule has 1 atom stereocenters. The lowest BCUT2D eigenvalue weighted by Gasteiger charge is -2.32. The molecule has 0 aromatic carbocycles. The molecule has 2 rings (SSSR count). The number of nitrogens with one attached hydrogen (secondary N) is 1. The number of morpholine rings is 1. The maximum Gasteiger partial charge on any atom is 0.356 e. The van der Waals surface area contributed by atoms with E-state index in [4.69, 9.17) is 9.84 Å². The molecule has 0 amide bonds. The van der Waals surface area contributed by atoms with Crippen LogP contribution in [0.5, 0.6) is 0 Å². The van der Waals surface area contributed by atoms with Crippen LogP contribution >= 0.6 is 11.3 Å². The number of carbonyl (C=O) groups excluding carboxylic acids is 1. The van der Waals surface area contributed by atoms with Gasteiger partial charge in [0.1, 0.15) is 4.88 Å². The Kier molecular flexibility index (Phi) is 5.27. The number of Topliss-reactive ketones (excluding diaryl/α,β-unsaturated/α-hetero) is 1. The Labute approximate surface area is 126 Å². The molecule has 2 N–H and O–H groups in total. The van der Waals surface area contributed by atoms with E-state index in [1.165, 1.54) is 6.92 Å². The first-order valence-corrected chi connectivity index (χ1v) is 7.65. The molecule has 1 aromatic heterocycles. The van der Waals surface area contributed by atoms with E-state index in [2.05, 4.69) is 22.1 Å². The van der Waals surface area contributed by atoms with E-state index in [-0.39, 0.29) is 22.5 Å². The summed E-state index contributed by atoms with van der Waals surface area (Å²) < 4.78 is 5.65. The predicted octanol–water partition coefficient (Wildman–Crippen LogP) is 1.18. The van der Waals surface area contributed by atoms with Crippen LogP contribution in [0.1, 0.15) is 34.0 Å². The van der Waals surface area contributed by atoms with Crippen molar-refractivity contribution in [2.45, 2.75) is 20.0 Å². The highest BCUT2D eigenvalue weighted by atomic mass is 32.1. The summed E-state index contributed by atoms with van der Waals surface area (Å²) in [4.78, 5) is 28.9. The minimum absolute atomic E-state index is 0.0386. The number of ether oxygens (including phenoxy) is 1. The lowest BCUT2D eigenvalue weighted by molar-refractivity contribution is -0.0191. The molecular weight excluding hydrogens is 294 g/mol. The molecule has 1 aliphatic heterocycles. The number of carbonyl (C=O) groups is 2. The Morgan fingerprint density at radius 3 is 2.90 bits per heavy atom. The summed E-state index contributed by atoms with van der Waals surface area (Å²) in [6.07, 6.45) is 0.0386. The molecular formula is C13H19N3O4S. The monoisotopic (exact) mass is 313 g/mol. The molecule has 7 nitrogen and oxygen atoms in total. The van der Waals surface area contributed by atoms with Crippen LogP contribution in [-0.2, 0) is 4.74 Å². The van der Waals surface area contributed by atoms with Crippen LogP contribution in [0.15, 0.2) is 0 Å². The minimum Gasteiger partial charge on any atom is -0.476 e. The van der Waals surface area contributed by atoms with Crippen LogP contribution in [0, 0.1) is 0 Å². The van der Waals surface area contributed by atoms with Gasteiger partial charge in [-0.3, -0.25) is 9.69 Å². The van der Waals surface area contributed by atoms with E-state index in [1.54, 1.807) is 0 Å². The third kappa shape index (κ3) is 3.99. The molecule has 8 heteroatoms. The van der Waals surface area contributed by atoms with E-state index in [1.807, 2.05) is 0 Å². The number of hydrogen-bond acceptors (Lipinski definition) is 7. The second-order valence-electron chi connectivity index (χ2n) is 4.83. The molecule has 1 saturated heterocycles. The van der Waals surface area contributed by atoms with Crippen LogP contribution in [-0.4, -0.2) is 65.6 Å². The number of aromatic nitrogens is 1. The fourth-order valence-corrected chi connectivity index (χ4v) is 3.03. The number of rotatable bonds is 6. The molecule has 1 unspecified atom stereocenters. The lowest BCUT2D eigenvalue weighted by atomic mass is 10.2. The van der Waals surface area contributed by atoms with Crippen LogP contribution in [0.4, 0.5) is 5.13 Å². The Hall–Kier alpha value is -1.51. The van der Waals surface area contributed by atoms with Crippen molar-refractivity contribution in [3.05, 3.63) is 10.6 Å². The van der Waals surface area contributed by atoms with Crippen molar-refractivity contribution in [2.24, 2.45) is 0 Å². The molecule has 116 valence electrons. The van der Waals surface area contributed by atoms with Crippen molar-refractivity contribution < 1.29 is 19.4 Å². The third-order valence-corrected chi connectivity index (χ3v) is 4.41. The fraction of sp³-hybridized carbons (Fsp3) is 0.615. The van der Waals surface area contributed by atoms with Crippen molar-refractivity contribution in [2.75, 3.05) is 38.1 Å². The average Bonchev–Trinajstić information content (AvgIpc) is 2.90. The molecule has 0 aliphatic carbocycles. The molecule has 1 fully saturated rings. The highest BCUT2D eigenvalue weighted by molar-refractivity contribution is 7.17. The Morgan fingerprint density at radius 2 is 2.33 bits per heavy atom. The zero-order chi connectivity index (χ0) is 15.4. The molecule has 1 aromatic rings. The number of nitrogens with zero attached hydrogens (tertiary/aromatic N) is 2. The summed E-state index contributed by atoms with van der Waals surface area (Å²) in [5.74, 6) is -1.47. The zero-order valence-electron chi connectivity index (χ0n) is 12.1. The number of likely N-dealkylation sites (N-methyl/N-ethyl adjacent to an activating group) is 1. The summed E-state index contributed by atoms with van der Waals surface area (Å²) >= 11 is 1.07. The lowest BCUT2D eigenvalue weighted by Crippen LogP contribution is -2.45. The van der Waals surface area contributed by atoms with Gasteiger partial charge in [0.05, 0.1) is 12.7 Å². The summed E-state index contributed by atoms with van der Waals surface area (Å²) in [5.41, 5.74) is -0.185. The molecule has 2 heterocycles. The van der Waals surface area contributed by atoms with Crippen molar-refractivity contribution >= 4 is 28.2 Å². The van der Waals surface area contributed by atoms with Gasteiger partial charge in [0, 0.05) is 26.6 Å². The highest BCUT2D eigenvalue weighted by Crippen LogP contribution is 2.24. The first-order chi connectivity index (χ1) is 10.0. The van der Waals surface area contributed by atoms with Gasteiger partial charge in [0.25, 0.3) is 0 Å². The van der Waals surface area contributed by atoms with Gasteiger partial charge in [-0.15, -0.1) is 0 Å². The van der Waals surface area contributed by atoms with Crippen molar-refractivity contribution in [3.8, 4) is 0 Å². The number of hydrogen-bond donors (Lipinski definition) is 2. The van der Waals surface area contributed by atoms with Gasteiger partial charge in [0.2, 0.25) is 0 Å². The van der Waals surface area contributed by atoms with Gasteiger partial charge in [-0.25, -0.2) is 9.78 Å². The maximum absolute atomic E-state index is 11.4. The Morgan fingerprint density at radius 1 is 1.57 bits per heavy atom. The molecule has 0 saturated carbocycles. The Bertz CT molecular complexity index is 500. The van der Waals surface area contributed by atoms with E-state index in [9.17, 15) is 9.59 Å². The second kappa shape index (κ2) is 6.97. The van der Waals surface area contributed by atoms with Gasteiger partial charge in [-0.05, 0) is 6.54 Å². The fourth-order valence-electron chi connectivity index (χ4n) is 2.17. The van der Waals surface area contributed by atoms with Gasteiger partial charge < -0.3 is 15.2 Å². The minimum atomic E-state index is -1.18. The predicted molar refractivity (Wildman–Crippen MR) is 79.4 cm³/mol. The van der Waals surface area contributed by atoms with Crippen LogP contribution in [0.2, 0.25) is 0 Å². The normalized spacial score (nSPS) is 19.4. The van der Waals surface area contributed by atoms with Gasteiger partial charge >= 0.3 is 5.97 Å². The number of carboxylic acids is 1. The van der Waals surface area contributed by atoms with Gasteiger partial charge in [-0.2, -0.15) is 0 Å². The Balaban J connectivity index is 1.98. The van der Waals surface area contributed by atoms with Crippen LogP contribution in [0.25, 0.3) is 0 Å². The zero-order valence-corrected chi connectivity index (χ0v) is 12.9. The number of carboxylic acid groups (broad SMARTS) is 1. The molecule has 0 bridgehead atoms. The van der Waals surface area contributed by atoms with Crippen molar-refractivity contribution in [1.29, 1.82) is 0 Å². The first kappa shape index (κ1) is 15.9. The molecule has 0 spiro atoms. The molecule has 21 heavy (non-hydrogen) atoms. The number of aromatic carboxylic acids is 1. The average molecular weight is 313 g/mol. The van der Waals surface area contributed by atoms with Crippen LogP contribution < -0.4 is 5.32 Å². The summed E-state index contributed by atoms with van der Waals surface area (Å²) in [6, 6.07) is 0. The van der Waals surface area contributed by atoms with Crippen molar-refractivity contribution in [1.82, 2.24) is 9.88 Å². The molecule has 0 radical (unpaired) electrons. The quantitative estimate of drug-likeness (QED) is 0.762. The maximum atomic E-state index is 11.4. The van der Waals surface area contributed by atoms with E-state index in [0.717, 1.165) is 31.0 Å². The molecule has 1 aliphatic rings. The van der Waals surface area contributed by atoms with E-state index < -0.39 is 5.97 Å². The summed E-state index contributed by atoms with van der Waals surface area (Å²) in [6.45, 7) is 7.43. The summed E-state index contributed by atoms with van der Waals surface area (Å²) in [7, 11) is 0. The van der Waals surface area contributed by atoms with Crippen molar-refractivity contribution in [3.63, 3.8) is 0 Å². The number of ketones is 1. The van der Waals surface area contributed by atoms with E-state index >= 15 is 0 Å². The summed E-state index contributed by atoms with van der Waals surface area (Å²) in [5, 5.41) is 12.6. The van der Waals surface area contributed by atoms with E-state index in [0.29, 0.717) is 18.3 Å². The standard InChI is InChI=1S/C13H19N3O4S/c1-3-16-4-5-20-9(7-16)6-14-13-15-10(12(18)19)11(21-13)8(2)17/h9H,3-7H2,1-2H3,(H,14,15)(H,18,19). The largest absolute Gasteiger partial charge is 0.476 e. The van der Waals surface area contributed by atoms with Crippen LogP contribution in [0.3, 0.4) is 0 Å².